The van der Waals surface area contributed by atoms with Crippen LogP contribution in [-0.2, 0) is 21.9 Å². The minimum Gasteiger partial charge on any atom is -0.325 e. The fourth-order valence-electron chi connectivity index (χ4n) is 7.89. The van der Waals surface area contributed by atoms with Crippen molar-refractivity contribution < 1.29 is 35.9 Å². The van der Waals surface area contributed by atoms with Crippen molar-refractivity contribution in [2.24, 2.45) is 34.5 Å². The van der Waals surface area contributed by atoms with Gasteiger partial charge in [0, 0.05) is 16.6 Å². The van der Waals surface area contributed by atoms with Gasteiger partial charge in [-0.3, -0.25) is 9.59 Å². The lowest BCUT2D eigenvalue weighted by Gasteiger charge is -2.57. The molecule has 7 atom stereocenters. The van der Waals surface area contributed by atoms with Gasteiger partial charge in [-0.05, 0) is 79.9 Å². The van der Waals surface area contributed by atoms with E-state index in [1.54, 1.807) is 6.08 Å². The Kier molecular flexibility index (Phi) is 6.32. The number of carbonyl (C=O) groups is 2. The van der Waals surface area contributed by atoms with Gasteiger partial charge in [0.1, 0.15) is 0 Å². The zero-order chi connectivity index (χ0) is 27.0. The predicted octanol–water partition coefficient (Wildman–Crippen LogP) is 7.72. The average molecular weight is 546 g/mol. The Balaban J connectivity index is 1.38. The van der Waals surface area contributed by atoms with E-state index >= 15 is 0 Å². The molecule has 0 spiro atoms. The topological polar surface area (TPSA) is 46.2 Å². The van der Waals surface area contributed by atoms with Gasteiger partial charge in [0.15, 0.2) is 0 Å². The normalized spacial score (nSPS) is 37.5. The number of fused-ring (bicyclic) bond motifs is 5. The van der Waals surface area contributed by atoms with Crippen LogP contribution >= 0.6 is 11.8 Å². The molecular weight excluding hydrogens is 516 g/mol. The number of rotatable bonds is 2. The minimum absolute atomic E-state index is 0.0759. The lowest BCUT2D eigenvalue weighted by Crippen LogP contribution is -2.52. The highest BCUT2D eigenvalue weighted by atomic mass is 32.2. The molecule has 3 fully saturated rings. The zero-order valence-electron chi connectivity index (χ0n) is 20.5. The summed E-state index contributed by atoms with van der Waals surface area (Å²) in [5.41, 5.74) is -4.81. The molecule has 1 aromatic carbocycles. The van der Waals surface area contributed by atoms with Crippen LogP contribution in [0.5, 0.6) is 0 Å². The second kappa shape index (κ2) is 8.78. The van der Waals surface area contributed by atoms with Gasteiger partial charge >= 0.3 is 12.4 Å². The third-order valence-corrected chi connectivity index (χ3v) is 11.0. The summed E-state index contributed by atoms with van der Waals surface area (Å²) in [5.74, 6) is -0.360. The number of hydrogen-bond acceptors (Lipinski definition) is 3. The number of alkyl halides is 6. The number of anilines is 1. The second-order valence-electron chi connectivity index (χ2n) is 11.6. The van der Waals surface area contributed by atoms with Crippen LogP contribution in [0.1, 0.15) is 63.5 Å². The maximum Gasteiger partial charge on any atom is 0.419 e. The molecule has 0 bridgehead atoms. The summed E-state index contributed by atoms with van der Waals surface area (Å²) in [4.78, 5) is 25.2. The van der Waals surface area contributed by atoms with E-state index < -0.39 is 41.0 Å². The van der Waals surface area contributed by atoms with Crippen LogP contribution in [0.3, 0.4) is 0 Å². The van der Waals surface area contributed by atoms with E-state index in [-0.39, 0.29) is 27.1 Å². The molecule has 10 heteroatoms. The molecule has 4 aliphatic rings. The lowest BCUT2D eigenvalue weighted by atomic mass is 9.50. The first-order chi connectivity index (χ1) is 17.1. The van der Waals surface area contributed by atoms with E-state index in [9.17, 15) is 35.9 Å². The van der Waals surface area contributed by atoms with Gasteiger partial charge in [-0.25, -0.2) is 0 Å². The number of thioether (sulfide) groups is 1. The Morgan fingerprint density at radius 2 is 1.76 bits per heavy atom. The molecule has 1 aliphatic heterocycles. The van der Waals surface area contributed by atoms with Gasteiger partial charge in [0.25, 0.3) is 0 Å². The van der Waals surface area contributed by atoms with E-state index in [2.05, 4.69) is 25.2 Å². The molecule has 0 radical (unpaired) electrons. The van der Waals surface area contributed by atoms with Crippen LogP contribution in [-0.4, -0.2) is 16.3 Å². The number of hydrogen-bond donors (Lipinski definition) is 1. The number of amides is 1. The molecule has 1 aromatic rings. The van der Waals surface area contributed by atoms with Gasteiger partial charge in [-0.15, -0.1) is 0 Å². The smallest absolute Gasteiger partial charge is 0.325 e. The molecule has 1 amide bonds. The Morgan fingerprint density at radius 3 is 2.43 bits per heavy atom. The van der Waals surface area contributed by atoms with Gasteiger partial charge in [0.2, 0.25) is 11.0 Å². The third-order valence-electron chi connectivity index (χ3n) is 9.58. The highest BCUT2D eigenvalue weighted by Gasteiger charge is 2.59. The van der Waals surface area contributed by atoms with Crippen molar-refractivity contribution in [2.75, 3.05) is 5.32 Å². The molecule has 3 saturated carbocycles. The van der Waals surface area contributed by atoms with E-state index in [4.69, 9.17) is 0 Å². The summed E-state index contributed by atoms with van der Waals surface area (Å²) in [6, 6.07) is 2.14. The summed E-state index contributed by atoms with van der Waals surface area (Å²) in [5, 5.41) is 2.51. The minimum atomic E-state index is -5.28. The van der Waals surface area contributed by atoms with Crippen LogP contribution in [0.2, 0.25) is 0 Å². The molecule has 0 saturated heterocycles. The van der Waals surface area contributed by atoms with E-state index in [0.717, 1.165) is 37.8 Å². The first-order valence-electron chi connectivity index (χ1n) is 12.6. The molecule has 1 heterocycles. The number of allylic oxidation sites excluding steroid dienone is 1. The van der Waals surface area contributed by atoms with Crippen LogP contribution in [0.25, 0.3) is 0 Å². The molecule has 1 unspecified atom stereocenters. The zero-order valence-corrected chi connectivity index (χ0v) is 21.3. The summed E-state index contributed by atoms with van der Waals surface area (Å²) in [6.45, 7) is 4.34. The molecule has 0 aromatic heterocycles. The van der Waals surface area contributed by atoms with E-state index in [0.29, 0.717) is 30.7 Å². The molecule has 37 heavy (non-hydrogen) atoms. The Bertz CT molecular complexity index is 1150. The van der Waals surface area contributed by atoms with Gasteiger partial charge in [0.05, 0.1) is 16.8 Å². The van der Waals surface area contributed by atoms with Crippen molar-refractivity contribution in [1.29, 1.82) is 0 Å². The van der Waals surface area contributed by atoms with Crippen LogP contribution < -0.4 is 5.32 Å². The van der Waals surface area contributed by atoms with Crippen LogP contribution in [0, 0.1) is 34.5 Å². The maximum absolute atomic E-state index is 13.7. The number of halogens is 6. The summed E-state index contributed by atoms with van der Waals surface area (Å²) >= 11 is 1.40. The number of benzene rings is 1. The van der Waals surface area contributed by atoms with Gasteiger partial charge in [-0.1, -0.05) is 37.8 Å². The largest absolute Gasteiger partial charge is 0.419 e. The summed E-state index contributed by atoms with van der Waals surface area (Å²) < 4.78 is 81.0. The SMILES string of the molecule is C[C@]12CC[C@H]3[C@@H](CCC4SC(=O)C=C[C@@]43C)[C@@H]1C[C@H](C(=O)Nc1cccc(C(F)(F)F)c1C(F)(F)F)C2. The van der Waals surface area contributed by atoms with Crippen molar-refractivity contribution in [3.8, 4) is 0 Å². The molecule has 202 valence electrons. The average Bonchev–Trinajstić information content (AvgIpc) is 3.16. The van der Waals surface area contributed by atoms with Gasteiger partial charge in [-0.2, -0.15) is 26.3 Å². The monoisotopic (exact) mass is 545 g/mol. The van der Waals surface area contributed by atoms with E-state index in [1.807, 2.05) is 0 Å². The second-order valence-corrected chi connectivity index (χ2v) is 12.8. The molecule has 3 aliphatic carbocycles. The summed E-state index contributed by atoms with van der Waals surface area (Å²) in [6.07, 6.45) is -2.13. The van der Waals surface area contributed by atoms with Crippen LogP contribution in [0.4, 0.5) is 32.0 Å². The molecule has 5 rings (SSSR count). The predicted molar refractivity (Wildman–Crippen MR) is 128 cm³/mol. The van der Waals surface area contributed by atoms with Crippen LogP contribution in [0.15, 0.2) is 30.4 Å². The fourth-order valence-corrected chi connectivity index (χ4v) is 9.08. The lowest BCUT2D eigenvalue weighted by molar-refractivity contribution is -0.161. The van der Waals surface area contributed by atoms with E-state index in [1.165, 1.54) is 11.8 Å². The highest BCUT2D eigenvalue weighted by Crippen LogP contribution is 2.66. The van der Waals surface area contributed by atoms with Gasteiger partial charge < -0.3 is 5.32 Å². The molecular formula is C27H29F6NO2S. The first kappa shape index (κ1) is 26.6. The molecule has 3 nitrogen and oxygen atoms in total. The van der Waals surface area contributed by atoms with Crippen molar-refractivity contribution in [2.45, 2.75) is 70.0 Å². The van der Waals surface area contributed by atoms with Crippen molar-refractivity contribution in [3.05, 3.63) is 41.5 Å². The summed E-state index contributed by atoms with van der Waals surface area (Å²) in [7, 11) is 0. The fraction of sp³-hybridized carbons (Fsp3) is 0.630. The Morgan fingerprint density at radius 1 is 1.03 bits per heavy atom. The van der Waals surface area contributed by atoms with Crippen molar-refractivity contribution in [1.82, 2.24) is 0 Å². The first-order valence-corrected chi connectivity index (χ1v) is 13.5. The third kappa shape index (κ3) is 4.51. The van der Waals surface area contributed by atoms with Crippen molar-refractivity contribution >= 4 is 28.5 Å². The number of nitrogens with one attached hydrogen (secondary N) is 1. The standard InChI is InChI=1S/C27H29F6NO2S/c1-24-10-8-16-15(6-7-20-25(16,2)11-9-21(35)37-20)18(24)12-14(13-24)23(36)34-19-5-3-4-17(26(28,29)30)22(19)27(31,32)33/h3-5,9,11,14-16,18,20H,6-8,10,12-13H2,1-2H3,(H,34,36)/t14-,15+,16-,18-,20?,24+,25+/m0/s1. The quantitative estimate of drug-likeness (QED) is 0.387. The highest BCUT2D eigenvalue weighted by molar-refractivity contribution is 8.14. The Hall–Kier alpha value is -1.97. The number of carbonyl (C=O) groups excluding carboxylic acids is 2. The Labute approximate surface area is 215 Å². The van der Waals surface area contributed by atoms with Crippen molar-refractivity contribution in [3.63, 3.8) is 0 Å². The molecule has 1 N–H and O–H groups in total. The maximum atomic E-state index is 13.7.